The summed E-state index contributed by atoms with van der Waals surface area (Å²) in [6.07, 6.45) is -0.0762. The minimum absolute atomic E-state index is 0.135. The standard InChI is InChI=1S/C32H34N2O4/c1-24-13-15-26(16-14-24)19-25(2)33(21-27-9-5-3-6-10-27)22-31(35)29-17-18-32(30(20-29)34(36)37)38-23-28-11-7-4-8-12-28/h3-18,20,25,31,35H,19,21-23H2,1-2H3. The summed E-state index contributed by atoms with van der Waals surface area (Å²) < 4.78 is 5.76. The monoisotopic (exact) mass is 510 g/mol. The van der Waals surface area contributed by atoms with Crippen molar-refractivity contribution in [3.63, 3.8) is 0 Å². The van der Waals surface area contributed by atoms with Crippen LogP contribution in [0.15, 0.2) is 103 Å². The van der Waals surface area contributed by atoms with Gasteiger partial charge in [-0.1, -0.05) is 96.6 Å². The van der Waals surface area contributed by atoms with Crippen LogP contribution in [0.25, 0.3) is 0 Å². The van der Waals surface area contributed by atoms with Gasteiger partial charge in [0, 0.05) is 25.2 Å². The first-order valence-electron chi connectivity index (χ1n) is 12.9. The third-order valence-electron chi connectivity index (χ3n) is 6.71. The Hall–Kier alpha value is -4.00. The number of nitrogens with zero attached hydrogens (tertiary/aromatic N) is 2. The van der Waals surface area contributed by atoms with Crippen LogP contribution in [0.1, 0.15) is 40.8 Å². The van der Waals surface area contributed by atoms with Crippen molar-refractivity contribution < 1.29 is 14.8 Å². The maximum Gasteiger partial charge on any atom is 0.311 e. The molecule has 0 bridgehead atoms. The zero-order valence-electron chi connectivity index (χ0n) is 21.9. The highest BCUT2D eigenvalue weighted by molar-refractivity contribution is 5.49. The first-order valence-corrected chi connectivity index (χ1v) is 12.9. The maximum absolute atomic E-state index is 11.8. The second-order valence-electron chi connectivity index (χ2n) is 9.73. The summed E-state index contributed by atoms with van der Waals surface area (Å²) in [4.78, 5) is 13.6. The van der Waals surface area contributed by atoms with Crippen molar-refractivity contribution in [2.24, 2.45) is 0 Å². The first kappa shape index (κ1) is 27.0. The molecule has 0 aromatic heterocycles. The summed E-state index contributed by atoms with van der Waals surface area (Å²) in [7, 11) is 0. The van der Waals surface area contributed by atoms with E-state index in [-0.39, 0.29) is 24.1 Å². The average molecular weight is 511 g/mol. The first-order chi connectivity index (χ1) is 18.4. The number of aliphatic hydroxyl groups is 1. The van der Waals surface area contributed by atoms with Gasteiger partial charge >= 0.3 is 5.69 Å². The molecular weight excluding hydrogens is 476 g/mol. The van der Waals surface area contributed by atoms with Gasteiger partial charge in [-0.3, -0.25) is 15.0 Å². The molecule has 1 N–H and O–H groups in total. The molecule has 0 saturated heterocycles. The molecule has 0 saturated carbocycles. The van der Waals surface area contributed by atoms with Crippen LogP contribution in [-0.4, -0.2) is 27.5 Å². The lowest BCUT2D eigenvalue weighted by Gasteiger charge is -2.31. The van der Waals surface area contributed by atoms with Crippen LogP contribution in [0.2, 0.25) is 0 Å². The number of aliphatic hydroxyl groups excluding tert-OH is 1. The average Bonchev–Trinajstić information content (AvgIpc) is 2.93. The second kappa shape index (κ2) is 13.0. The third-order valence-corrected chi connectivity index (χ3v) is 6.71. The molecule has 0 aliphatic rings. The van der Waals surface area contributed by atoms with E-state index in [1.807, 2.05) is 48.5 Å². The number of nitro benzene ring substituents is 1. The molecule has 0 aliphatic heterocycles. The Morgan fingerprint density at radius 2 is 1.50 bits per heavy atom. The van der Waals surface area contributed by atoms with E-state index in [1.165, 1.54) is 17.2 Å². The summed E-state index contributed by atoms with van der Waals surface area (Å²) >= 11 is 0. The van der Waals surface area contributed by atoms with E-state index in [2.05, 4.69) is 55.1 Å². The van der Waals surface area contributed by atoms with E-state index < -0.39 is 11.0 Å². The smallest absolute Gasteiger partial charge is 0.311 e. The molecule has 2 atom stereocenters. The fraction of sp³-hybridized carbons (Fsp3) is 0.250. The molecular formula is C32H34N2O4. The zero-order valence-corrected chi connectivity index (χ0v) is 21.9. The van der Waals surface area contributed by atoms with Gasteiger partial charge in [0.05, 0.1) is 11.0 Å². The van der Waals surface area contributed by atoms with Crippen molar-refractivity contribution in [3.05, 3.63) is 141 Å². The predicted molar refractivity (Wildman–Crippen MR) is 150 cm³/mol. The Balaban J connectivity index is 1.51. The highest BCUT2D eigenvalue weighted by atomic mass is 16.6. The molecule has 4 aromatic carbocycles. The number of aryl methyl sites for hydroxylation is 1. The van der Waals surface area contributed by atoms with Gasteiger partial charge in [-0.15, -0.1) is 0 Å². The molecule has 0 spiro atoms. The Kier molecular flexibility index (Phi) is 9.25. The lowest BCUT2D eigenvalue weighted by atomic mass is 10.0. The highest BCUT2D eigenvalue weighted by Gasteiger charge is 2.23. The minimum atomic E-state index is -0.902. The molecule has 196 valence electrons. The van der Waals surface area contributed by atoms with Crippen LogP contribution in [0.4, 0.5) is 5.69 Å². The van der Waals surface area contributed by atoms with E-state index in [1.54, 1.807) is 12.1 Å². The Morgan fingerprint density at radius 1 is 0.868 bits per heavy atom. The number of hydrogen-bond acceptors (Lipinski definition) is 5. The van der Waals surface area contributed by atoms with Gasteiger partial charge < -0.3 is 9.84 Å². The number of ether oxygens (including phenoxy) is 1. The van der Waals surface area contributed by atoms with Crippen molar-refractivity contribution in [2.45, 2.75) is 45.6 Å². The van der Waals surface area contributed by atoms with Crippen molar-refractivity contribution >= 4 is 5.69 Å². The van der Waals surface area contributed by atoms with Gasteiger partial charge in [-0.25, -0.2) is 0 Å². The zero-order chi connectivity index (χ0) is 26.9. The normalized spacial score (nSPS) is 12.7. The van der Waals surface area contributed by atoms with Crippen LogP contribution in [0, 0.1) is 17.0 Å². The molecule has 4 aromatic rings. The van der Waals surface area contributed by atoms with Crippen LogP contribution >= 0.6 is 0 Å². The fourth-order valence-corrected chi connectivity index (χ4v) is 4.48. The van der Waals surface area contributed by atoms with E-state index in [9.17, 15) is 15.2 Å². The summed E-state index contributed by atoms with van der Waals surface area (Å²) in [5, 5.41) is 23.1. The van der Waals surface area contributed by atoms with Crippen LogP contribution < -0.4 is 4.74 Å². The van der Waals surface area contributed by atoms with Crippen molar-refractivity contribution in [2.75, 3.05) is 6.54 Å². The lowest BCUT2D eigenvalue weighted by molar-refractivity contribution is -0.386. The quantitative estimate of drug-likeness (QED) is 0.171. The molecule has 38 heavy (non-hydrogen) atoms. The van der Waals surface area contributed by atoms with Crippen molar-refractivity contribution in [1.29, 1.82) is 0 Å². The molecule has 0 radical (unpaired) electrons. The molecule has 6 heteroatoms. The van der Waals surface area contributed by atoms with E-state index in [0.29, 0.717) is 18.7 Å². The Morgan fingerprint density at radius 3 is 2.13 bits per heavy atom. The van der Waals surface area contributed by atoms with E-state index in [0.717, 1.165) is 17.5 Å². The minimum Gasteiger partial charge on any atom is -0.482 e. The van der Waals surface area contributed by atoms with Crippen molar-refractivity contribution in [1.82, 2.24) is 4.90 Å². The maximum atomic E-state index is 11.8. The van der Waals surface area contributed by atoms with Gasteiger partial charge in [0.1, 0.15) is 6.61 Å². The number of nitro groups is 1. The molecule has 2 unspecified atom stereocenters. The lowest BCUT2D eigenvalue weighted by Crippen LogP contribution is -2.37. The van der Waals surface area contributed by atoms with Crippen molar-refractivity contribution in [3.8, 4) is 5.75 Å². The topological polar surface area (TPSA) is 75.8 Å². The summed E-state index contributed by atoms with van der Waals surface area (Å²) in [5.74, 6) is 0.184. The molecule has 6 nitrogen and oxygen atoms in total. The summed E-state index contributed by atoms with van der Waals surface area (Å²) in [5.41, 5.74) is 4.85. The van der Waals surface area contributed by atoms with Gasteiger partial charge in [0.2, 0.25) is 0 Å². The largest absolute Gasteiger partial charge is 0.482 e. The SMILES string of the molecule is Cc1ccc(CC(C)N(Cc2ccccc2)CC(O)c2ccc(OCc3ccccc3)c([N+](=O)[O-])c2)cc1. The summed E-state index contributed by atoms with van der Waals surface area (Å²) in [6.45, 7) is 5.44. The van der Waals surface area contributed by atoms with E-state index in [4.69, 9.17) is 4.74 Å². The second-order valence-corrected chi connectivity index (χ2v) is 9.73. The van der Waals surface area contributed by atoms with Gasteiger partial charge in [0.15, 0.2) is 5.75 Å². The van der Waals surface area contributed by atoms with Crippen LogP contribution in [0.5, 0.6) is 5.75 Å². The predicted octanol–water partition coefficient (Wildman–Crippen LogP) is 6.65. The number of benzene rings is 4. The molecule has 0 heterocycles. The number of rotatable bonds is 12. The molecule has 0 fully saturated rings. The third kappa shape index (κ3) is 7.51. The van der Waals surface area contributed by atoms with Crippen LogP contribution in [-0.2, 0) is 19.6 Å². The molecule has 0 amide bonds. The molecule has 0 aliphatic carbocycles. The van der Waals surface area contributed by atoms with Crippen LogP contribution in [0.3, 0.4) is 0 Å². The molecule has 4 rings (SSSR count). The van der Waals surface area contributed by atoms with Gasteiger partial charge in [0.25, 0.3) is 0 Å². The van der Waals surface area contributed by atoms with E-state index >= 15 is 0 Å². The number of hydrogen-bond donors (Lipinski definition) is 1. The summed E-state index contributed by atoms with van der Waals surface area (Å²) in [6, 6.07) is 33.0. The van der Waals surface area contributed by atoms with Gasteiger partial charge in [-0.2, -0.15) is 0 Å². The highest BCUT2D eigenvalue weighted by Crippen LogP contribution is 2.31. The van der Waals surface area contributed by atoms with Gasteiger partial charge in [-0.05, 0) is 48.6 Å². The Bertz CT molecular complexity index is 1310. The Labute approximate surface area is 224 Å². The fourth-order valence-electron chi connectivity index (χ4n) is 4.48.